The van der Waals surface area contributed by atoms with Gasteiger partial charge in [-0.1, -0.05) is 41.4 Å². The summed E-state index contributed by atoms with van der Waals surface area (Å²) in [6.07, 6.45) is 0.818. The Morgan fingerprint density at radius 2 is 1.65 bits per heavy atom. The molecule has 0 amide bonds. The van der Waals surface area contributed by atoms with E-state index in [1.54, 1.807) is 42.5 Å². The number of halogens is 2. The van der Waals surface area contributed by atoms with E-state index < -0.39 is 10.0 Å². The zero-order chi connectivity index (χ0) is 18.7. The number of carbonyl (C=O) groups is 1. The molecule has 26 heavy (non-hydrogen) atoms. The summed E-state index contributed by atoms with van der Waals surface area (Å²) < 4.78 is 32.0. The minimum atomic E-state index is -3.53. The summed E-state index contributed by atoms with van der Waals surface area (Å²) in [4.78, 5) is 12.6. The number of nitrogens with zero attached hydrogens (tertiary/aromatic N) is 1. The van der Waals surface area contributed by atoms with Gasteiger partial charge in [0.05, 0.1) is 20.9 Å². The van der Waals surface area contributed by atoms with E-state index in [0.717, 1.165) is 0 Å². The van der Waals surface area contributed by atoms with Crippen molar-refractivity contribution >= 4 is 39.2 Å². The summed E-state index contributed by atoms with van der Waals surface area (Å²) in [6, 6.07) is 12.9. The molecule has 3 rings (SSSR count). The minimum Gasteiger partial charge on any atom is -0.426 e. The van der Waals surface area contributed by atoms with Gasteiger partial charge in [0.25, 0.3) is 0 Å². The first kappa shape index (κ1) is 19.2. The van der Waals surface area contributed by atoms with Crippen LogP contribution in [0.3, 0.4) is 0 Å². The summed E-state index contributed by atoms with van der Waals surface area (Å²) in [7, 11) is -3.53. The number of rotatable bonds is 4. The summed E-state index contributed by atoms with van der Waals surface area (Å²) >= 11 is 11.8. The molecule has 8 heteroatoms. The topological polar surface area (TPSA) is 63.7 Å². The summed E-state index contributed by atoms with van der Waals surface area (Å²) in [5.74, 6) is -0.421. The van der Waals surface area contributed by atoms with Crippen molar-refractivity contribution in [2.45, 2.75) is 17.7 Å². The second-order valence-electron chi connectivity index (χ2n) is 5.99. The van der Waals surface area contributed by atoms with E-state index in [2.05, 4.69) is 0 Å². The molecule has 0 unspecified atom stereocenters. The highest BCUT2D eigenvalue weighted by atomic mass is 35.5. The molecule has 1 heterocycles. The summed E-state index contributed by atoms with van der Waals surface area (Å²) in [5.41, 5.74) is 0. The fourth-order valence-corrected chi connectivity index (χ4v) is 4.59. The molecule has 5 nitrogen and oxygen atoms in total. The van der Waals surface area contributed by atoms with Gasteiger partial charge in [-0.3, -0.25) is 4.79 Å². The lowest BCUT2D eigenvalue weighted by atomic mass is 9.98. The molecule has 2 aromatic carbocycles. The zero-order valence-electron chi connectivity index (χ0n) is 13.8. The van der Waals surface area contributed by atoms with Crippen LogP contribution in [0.4, 0.5) is 0 Å². The number of sulfonamides is 1. The lowest BCUT2D eigenvalue weighted by Crippen LogP contribution is -2.41. The Morgan fingerprint density at radius 1 is 1.00 bits per heavy atom. The van der Waals surface area contributed by atoms with Crippen molar-refractivity contribution in [2.24, 2.45) is 5.92 Å². The van der Waals surface area contributed by atoms with Gasteiger partial charge < -0.3 is 4.74 Å². The first-order chi connectivity index (χ1) is 12.4. The van der Waals surface area contributed by atoms with E-state index in [0.29, 0.717) is 28.6 Å². The molecule has 0 bridgehead atoms. The van der Waals surface area contributed by atoms with E-state index in [9.17, 15) is 13.2 Å². The van der Waals surface area contributed by atoms with Gasteiger partial charge in [0, 0.05) is 19.2 Å². The number of piperidine rings is 1. The molecule has 0 aliphatic carbocycles. The van der Waals surface area contributed by atoms with E-state index in [4.69, 9.17) is 27.9 Å². The molecular formula is C18H17Cl2NO4S. The molecule has 138 valence electrons. The van der Waals surface area contributed by atoms with E-state index >= 15 is 0 Å². The Kier molecular flexibility index (Phi) is 5.87. The molecule has 0 N–H and O–H groups in total. The second-order valence-corrected chi connectivity index (χ2v) is 8.74. The van der Waals surface area contributed by atoms with E-state index in [1.807, 2.05) is 0 Å². The van der Waals surface area contributed by atoms with Crippen LogP contribution in [0.2, 0.25) is 10.0 Å². The lowest BCUT2D eigenvalue weighted by Gasteiger charge is -2.30. The van der Waals surface area contributed by atoms with Crippen LogP contribution >= 0.6 is 23.2 Å². The zero-order valence-corrected chi connectivity index (χ0v) is 16.1. The SMILES string of the molecule is O=C(Oc1ccc(Cl)c(Cl)c1)C1CCN(S(=O)(=O)c2ccccc2)CC1. The predicted molar refractivity (Wildman–Crippen MR) is 100 cm³/mol. The largest absolute Gasteiger partial charge is 0.426 e. The van der Waals surface area contributed by atoms with Crippen molar-refractivity contribution in [1.29, 1.82) is 0 Å². The molecule has 0 atom stereocenters. The highest BCUT2D eigenvalue weighted by molar-refractivity contribution is 7.89. The average Bonchev–Trinajstić information content (AvgIpc) is 2.65. The third-order valence-electron chi connectivity index (χ3n) is 4.28. The van der Waals surface area contributed by atoms with Crippen LogP contribution in [-0.4, -0.2) is 31.8 Å². The molecule has 1 saturated heterocycles. The summed E-state index contributed by atoms with van der Waals surface area (Å²) in [6.45, 7) is 0.552. The van der Waals surface area contributed by atoms with Crippen LogP contribution in [0, 0.1) is 5.92 Å². The third kappa shape index (κ3) is 4.20. The van der Waals surface area contributed by atoms with Gasteiger partial charge >= 0.3 is 5.97 Å². The van der Waals surface area contributed by atoms with Crippen LogP contribution in [0.1, 0.15) is 12.8 Å². The van der Waals surface area contributed by atoms with Crippen LogP contribution in [0.15, 0.2) is 53.4 Å². The highest BCUT2D eigenvalue weighted by Gasteiger charge is 2.32. The fraction of sp³-hybridized carbons (Fsp3) is 0.278. The number of carbonyl (C=O) groups excluding carboxylic acids is 1. The molecule has 0 aromatic heterocycles. The molecule has 1 fully saturated rings. The number of ether oxygens (including phenoxy) is 1. The van der Waals surface area contributed by atoms with Crippen LogP contribution < -0.4 is 4.74 Å². The monoisotopic (exact) mass is 413 g/mol. The quantitative estimate of drug-likeness (QED) is 0.561. The average molecular weight is 414 g/mol. The van der Waals surface area contributed by atoms with Gasteiger partial charge in [0.15, 0.2) is 0 Å². The molecule has 1 aliphatic heterocycles. The Hall–Kier alpha value is -1.60. The van der Waals surface area contributed by atoms with Crippen molar-refractivity contribution < 1.29 is 17.9 Å². The van der Waals surface area contributed by atoms with Crippen molar-refractivity contribution in [1.82, 2.24) is 4.31 Å². The summed E-state index contributed by atoms with van der Waals surface area (Å²) in [5, 5.41) is 0.687. The van der Waals surface area contributed by atoms with Gasteiger partial charge in [0.1, 0.15) is 5.75 Å². The second kappa shape index (κ2) is 7.96. The smallest absolute Gasteiger partial charge is 0.314 e. The van der Waals surface area contributed by atoms with Gasteiger partial charge in [-0.05, 0) is 37.1 Å². The van der Waals surface area contributed by atoms with Crippen LogP contribution in [0.5, 0.6) is 5.75 Å². The van der Waals surface area contributed by atoms with Gasteiger partial charge in [-0.15, -0.1) is 0 Å². The van der Waals surface area contributed by atoms with Crippen molar-refractivity contribution in [3.05, 3.63) is 58.6 Å². The molecular weight excluding hydrogens is 397 g/mol. The number of hydrogen-bond donors (Lipinski definition) is 0. The Labute approximate surface area is 162 Å². The lowest BCUT2D eigenvalue weighted by molar-refractivity contribution is -0.140. The molecule has 0 spiro atoms. The first-order valence-electron chi connectivity index (χ1n) is 8.10. The maximum atomic E-state index is 12.6. The van der Waals surface area contributed by atoms with Crippen LogP contribution in [-0.2, 0) is 14.8 Å². The van der Waals surface area contributed by atoms with Crippen molar-refractivity contribution in [2.75, 3.05) is 13.1 Å². The molecule has 1 aliphatic rings. The number of hydrogen-bond acceptors (Lipinski definition) is 4. The van der Waals surface area contributed by atoms with E-state index in [-0.39, 0.29) is 29.9 Å². The predicted octanol–water partition coefficient (Wildman–Crippen LogP) is 4.00. The Morgan fingerprint density at radius 3 is 2.27 bits per heavy atom. The fourth-order valence-electron chi connectivity index (χ4n) is 2.81. The minimum absolute atomic E-state index is 0.261. The first-order valence-corrected chi connectivity index (χ1v) is 10.3. The molecule has 0 radical (unpaired) electrons. The number of benzene rings is 2. The third-order valence-corrected chi connectivity index (χ3v) is 6.93. The Balaban J connectivity index is 1.61. The van der Waals surface area contributed by atoms with Crippen molar-refractivity contribution in [3.8, 4) is 5.75 Å². The maximum Gasteiger partial charge on any atom is 0.314 e. The van der Waals surface area contributed by atoms with Crippen LogP contribution in [0.25, 0.3) is 0 Å². The molecule has 0 saturated carbocycles. The normalized spacial score (nSPS) is 16.4. The molecule has 2 aromatic rings. The number of esters is 1. The van der Waals surface area contributed by atoms with Gasteiger partial charge in [0.2, 0.25) is 10.0 Å². The maximum absolute atomic E-state index is 12.6. The highest BCUT2D eigenvalue weighted by Crippen LogP contribution is 2.28. The van der Waals surface area contributed by atoms with E-state index in [1.165, 1.54) is 10.4 Å². The Bertz CT molecular complexity index is 895. The van der Waals surface area contributed by atoms with Crippen molar-refractivity contribution in [3.63, 3.8) is 0 Å². The standard InChI is InChI=1S/C18H17Cl2NO4S/c19-16-7-6-14(12-17(16)20)25-18(22)13-8-10-21(11-9-13)26(23,24)15-4-2-1-3-5-15/h1-7,12-13H,8-11H2. The van der Waals surface area contributed by atoms with Gasteiger partial charge in [-0.25, -0.2) is 8.42 Å². The van der Waals surface area contributed by atoms with Gasteiger partial charge in [-0.2, -0.15) is 4.31 Å².